The van der Waals surface area contributed by atoms with Crippen LogP contribution in [0.3, 0.4) is 0 Å². The molecule has 0 aliphatic heterocycles. The molecule has 1 fully saturated rings. The van der Waals surface area contributed by atoms with Crippen LogP contribution >= 0.6 is 11.8 Å². The third-order valence-electron chi connectivity index (χ3n) is 3.19. The maximum Gasteiger partial charge on any atom is 0.147 e. The minimum atomic E-state index is 0.327. The van der Waals surface area contributed by atoms with Gasteiger partial charge in [0.25, 0.3) is 0 Å². The molecule has 3 nitrogen and oxygen atoms in total. The van der Waals surface area contributed by atoms with Crippen LogP contribution in [0.5, 0.6) is 0 Å². The normalized spacial score (nSPS) is 17.2. The average Bonchev–Trinajstić information content (AvgIpc) is 2.73. The molecule has 4 heteroatoms. The van der Waals surface area contributed by atoms with Crippen LogP contribution in [0.15, 0.2) is 12.4 Å². The van der Waals surface area contributed by atoms with Crippen molar-refractivity contribution in [2.75, 3.05) is 5.75 Å². The standard InChI is InChI=1S/C13H20N2OS/c1-15-9-11(8-14-15)7-12(16)10-17-13-5-3-2-4-6-13/h8-9,13H,2-7,10H2,1H3. The number of carbonyl (C=O) groups excluding carboxylic acids is 1. The molecule has 17 heavy (non-hydrogen) atoms. The third kappa shape index (κ3) is 4.19. The SMILES string of the molecule is Cn1cc(CC(=O)CSC2CCCCC2)cn1. The Kier molecular flexibility index (Phi) is 4.66. The van der Waals surface area contributed by atoms with Gasteiger partial charge in [0.2, 0.25) is 0 Å². The van der Waals surface area contributed by atoms with Crippen LogP contribution in [0.1, 0.15) is 37.7 Å². The van der Waals surface area contributed by atoms with E-state index in [1.54, 1.807) is 10.9 Å². The molecule has 0 bridgehead atoms. The molecule has 0 radical (unpaired) electrons. The Morgan fingerprint density at radius 2 is 2.24 bits per heavy atom. The number of aromatic nitrogens is 2. The predicted molar refractivity (Wildman–Crippen MR) is 71.3 cm³/mol. The van der Waals surface area contributed by atoms with Gasteiger partial charge in [0.15, 0.2) is 0 Å². The van der Waals surface area contributed by atoms with E-state index in [-0.39, 0.29) is 0 Å². The van der Waals surface area contributed by atoms with Gasteiger partial charge < -0.3 is 0 Å². The first kappa shape index (κ1) is 12.7. The molecule has 1 heterocycles. The maximum atomic E-state index is 11.8. The summed E-state index contributed by atoms with van der Waals surface area (Å²) in [6.07, 6.45) is 10.9. The first-order valence-corrected chi connectivity index (χ1v) is 7.40. The second kappa shape index (κ2) is 6.24. The smallest absolute Gasteiger partial charge is 0.147 e. The zero-order chi connectivity index (χ0) is 12.1. The molecule has 0 aromatic carbocycles. The van der Waals surface area contributed by atoms with Gasteiger partial charge in [-0.15, -0.1) is 0 Å². The van der Waals surface area contributed by atoms with Gasteiger partial charge in [0, 0.05) is 24.9 Å². The number of rotatable bonds is 5. The summed E-state index contributed by atoms with van der Waals surface area (Å²) in [5.41, 5.74) is 1.03. The average molecular weight is 252 g/mol. The molecule has 0 spiro atoms. The minimum Gasteiger partial charge on any atom is -0.298 e. The summed E-state index contributed by atoms with van der Waals surface area (Å²) in [6.45, 7) is 0. The van der Waals surface area contributed by atoms with Crippen LogP contribution in [-0.2, 0) is 18.3 Å². The van der Waals surface area contributed by atoms with Crippen molar-refractivity contribution in [2.45, 2.75) is 43.8 Å². The van der Waals surface area contributed by atoms with Crippen molar-refractivity contribution in [1.29, 1.82) is 0 Å². The topological polar surface area (TPSA) is 34.9 Å². The van der Waals surface area contributed by atoms with Crippen LogP contribution < -0.4 is 0 Å². The molecular formula is C13H20N2OS. The maximum absolute atomic E-state index is 11.8. The van der Waals surface area contributed by atoms with Gasteiger partial charge >= 0.3 is 0 Å². The van der Waals surface area contributed by atoms with Gasteiger partial charge in [-0.1, -0.05) is 19.3 Å². The Bertz CT molecular complexity index is 369. The number of hydrogen-bond donors (Lipinski definition) is 0. The predicted octanol–water partition coefficient (Wildman–Crippen LogP) is 2.60. The molecule has 0 atom stereocenters. The van der Waals surface area contributed by atoms with Gasteiger partial charge in [0.1, 0.15) is 5.78 Å². The lowest BCUT2D eigenvalue weighted by Crippen LogP contribution is -2.13. The molecule has 2 rings (SSSR count). The van der Waals surface area contributed by atoms with Crippen molar-refractivity contribution in [2.24, 2.45) is 7.05 Å². The summed E-state index contributed by atoms with van der Waals surface area (Å²) in [4.78, 5) is 11.8. The molecular weight excluding hydrogens is 232 g/mol. The van der Waals surface area contributed by atoms with Gasteiger partial charge in [-0.2, -0.15) is 16.9 Å². The molecule has 1 aromatic rings. The second-order valence-electron chi connectivity index (χ2n) is 4.81. The Labute approximate surface area is 107 Å². The molecule has 1 aliphatic carbocycles. The first-order chi connectivity index (χ1) is 8.24. The zero-order valence-electron chi connectivity index (χ0n) is 10.4. The van der Waals surface area contributed by atoms with E-state index in [0.29, 0.717) is 18.0 Å². The Morgan fingerprint density at radius 3 is 2.88 bits per heavy atom. The van der Waals surface area contributed by atoms with Crippen LogP contribution in [0.4, 0.5) is 0 Å². The summed E-state index contributed by atoms with van der Waals surface area (Å²) >= 11 is 1.85. The Balaban J connectivity index is 1.70. The molecule has 1 aromatic heterocycles. The van der Waals surface area contributed by atoms with Crippen LogP contribution in [0, 0.1) is 0 Å². The number of ketones is 1. The third-order valence-corrected chi connectivity index (χ3v) is 4.62. The highest BCUT2D eigenvalue weighted by molar-refractivity contribution is 8.00. The van der Waals surface area contributed by atoms with Crippen LogP contribution in [-0.4, -0.2) is 26.6 Å². The lowest BCUT2D eigenvalue weighted by molar-refractivity contribution is -0.116. The van der Waals surface area contributed by atoms with Gasteiger partial charge in [-0.05, 0) is 18.4 Å². The van der Waals surface area contributed by atoms with E-state index in [9.17, 15) is 4.79 Å². The fraction of sp³-hybridized carbons (Fsp3) is 0.692. The molecule has 0 saturated heterocycles. The van der Waals surface area contributed by atoms with Gasteiger partial charge in [-0.25, -0.2) is 0 Å². The summed E-state index contributed by atoms with van der Waals surface area (Å²) in [5, 5.41) is 4.80. The quantitative estimate of drug-likeness (QED) is 0.808. The van der Waals surface area contributed by atoms with Crippen molar-refractivity contribution >= 4 is 17.5 Å². The van der Waals surface area contributed by atoms with E-state index in [1.807, 2.05) is 25.0 Å². The molecule has 1 aliphatic rings. The monoisotopic (exact) mass is 252 g/mol. The highest BCUT2D eigenvalue weighted by atomic mass is 32.2. The van der Waals surface area contributed by atoms with E-state index in [0.717, 1.165) is 10.8 Å². The Hall–Kier alpha value is -0.770. The van der Waals surface area contributed by atoms with E-state index >= 15 is 0 Å². The summed E-state index contributed by atoms with van der Waals surface area (Å²) in [6, 6.07) is 0. The second-order valence-corrected chi connectivity index (χ2v) is 6.10. The zero-order valence-corrected chi connectivity index (χ0v) is 11.2. The van der Waals surface area contributed by atoms with E-state index in [2.05, 4.69) is 5.10 Å². The lowest BCUT2D eigenvalue weighted by atomic mass is 10.0. The van der Waals surface area contributed by atoms with Gasteiger partial charge in [-0.3, -0.25) is 9.48 Å². The van der Waals surface area contributed by atoms with Crippen molar-refractivity contribution < 1.29 is 4.79 Å². The summed E-state index contributed by atoms with van der Waals surface area (Å²) < 4.78 is 1.75. The highest BCUT2D eigenvalue weighted by Gasteiger charge is 2.15. The molecule has 0 unspecified atom stereocenters. The Morgan fingerprint density at radius 1 is 1.47 bits per heavy atom. The minimum absolute atomic E-state index is 0.327. The first-order valence-electron chi connectivity index (χ1n) is 6.35. The van der Waals surface area contributed by atoms with Gasteiger partial charge in [0.05, 0.1) is 11.9 Å². The number of Topliss-reactive ketones (excluding diaryl/α,β-unsaturated/α-hetero) is 1. The number of nitrogens with zero attached hydrogens (tertiary/aromatic N) is 2. The number of hydrogen-bond acceptors (Lipinski definition) is 3. The van der Waals surface area contributed by atoms with Crippen LogP contribution in [0.25, 0.3) is 0 Å². The molecule has 0 amide bonds. The fourth-order valence-corrected chi connectivity index (χ4v) is 3.47. The van der Waals surface area contributed by atoms with Crippen molar-refractivity contribution in [3.05, 3.63) is 18.0 Å². The molecule has 0 N–H and O–H groups in total. The number of aryl methyl sites for hydroxylation is 1. The van der Waals surface area contributed by atoms with Crippen molar-refractivity contribution in [1.82, 2.24) is 9.78 Å². The lowest BCUT2D eigenvalue weighted by Gasteiger charge is -2.20. The summed E-state index contributed by atoms with van der Waals surface area (Å²) in [5.74, 6) is 0.994. The largest absolute Gasteiger partial charge is 0.298 e. The molecule has 94 valence electrons. The van der Waals surface area contributed by atoms with E-state index in [4.69, 9.17) is 0 Å². The molecule has 1 saturated carbocycles. The highest BCUT2D eigenvalue weighted by Crippen LogP contribution is 2.28. The van der Waals surface area contributed by atoms with Crippen molar-refractivity contribution in [3.8, 4) is 0 Å². The fourth-order valence-electron chi connectivity index (χ4n) is 2.28. The number of carbonyl (C=O) groups is 1. The summed E-state index contributed by atoms with van der Waals surface area (Å²) in [7, 11) is 1.88. The number of thioether (sulfide) groups is 1. The van der Waals surface area contributed by atoms with E-state index < -0.39 is 0 Å². The van der Waals surface area contributed by atoms with Crippen LogP contribution in [0.2, 0.25) is 0 Å². The van der Waals surface area contributed by atoms with E-state index in [1.165, 1.54) is 32.1 Å². The van der Waals surface area contributed by atoms with Crippen molar-refractivity contribution in [3.63, 3.8) is 0 Å².